The van der Waals surface area contributed by atoms with Gasteiger partial charge in [0.25, 0.3) is 0 Å². The van der Waals surface area contributed by atoms with Crippen LogP contribution in [-0.2, 0) is 9.47 Å². The van der Waals surface area contributed by atoms with E-state index in [0.29, 0.717) is 11.8 Å². The molecular formula is C15H20O3. The molecule has 0 radical (unpaired) electrons. The molecule has 0 spiro atoms. The Balaban J connectivity index is 2.02. The van der Waals surface area contributed by atoms with E-state index in [1.165, 1.54) is 11.1 Å². The number of benzene rings is 1. The minimum atomic E-state index is -0.132. The van der Waals surface area contributed by atoms with Gasteiger partial charge in [-0.25, -0.2) is 0 Å². The third kappa shape index (κ3) is 1.82. The highest BCUT2D eigenvalue weighted by molar-refractivity contribution is 5.42. The maximum atomic E-state index is 5.92. The molecule has 2 heterocycles. The minimum Gasteiger partial charge on any atom is -0.464 e. The maximum Gasteiger partial charge on any atom is 0.205 e. The van der Waals surface area contributed by atoms with Crippen molar-refractivity contribution in [2.24, 2.45) is 5.92 Å². The van der Waals surface area contributed by atoms with Gasteiger partial charge in [-0.1, -0.05) is 19.9 Å². The molecule has 3 nitrogen and oxygen atoms in total. The Morgan fingerprint density at radius 2 is 2.17 bits per heavy atom. The number of hydrogen-bond donors (Lipinski definition) is 0. The largest absolute Gasteiger partial charge is 0.464 e. The van der Waals surface area contributed by atoms with Gasteiger partial charge in [0.2, 0.25) is 6.29 Å². The molecule has 1 aromatic rings. The molecule has 3 atom stereocenters. The summed E-state index contributed by atoms with van der Waals surface area (Å²) in [5.74, 6) is 1.75. The summed E-state index contributed by atoms with van der Waals surface area (Å²) in [4.78, 5) is 0. The molecule has 1 saturated heterocycles. The van der Waals surface area contributed by atoms with Gasteiger partial charge in [-0.2, -0.15) is 0 Å². The van der Waals surface area contributed by atoms with E-state index in [2.05, 4.69) is 32.0 Å². The zero-order chi connectivity index (χ0) is 12.7. The average Bonchev–Trinajstić information content (AvgIpc) is 2.82. The van der Waals surface area contributed by atoms with Gasteiger partial charge in [0.05, 0.1) is 18.6 Å². The fourth-order valence-corrected chi connectivity index (χ4v) is 2.91. The first-order chi connectivity index (χ1) is 8.70. The normalized spacial score (nSPS) is 29.9. The third-order valence-electron chi connectivity index (χ3n) is 3.98. The van der Waals surface area contributed by atoms with Gasteiger partial charge in [0.1, 0.15) is 5.75 Å². The van der Waals surface area contributed by atoms with E-state index in [1.54, 1.807) is 7.11 Å². The predicted molar refractivity (Wildman–Crippen MR) is 68.8 cm³/mol. The van der Waals surface area contributed by atoms with Crippen molar-refractivity contribution in [1.82, 2.24) is 0 Å². The van der Waals surface area contributed by atoms with Crippen LogP contribution in [0.5, 0.6) is 5.75 Å². The summed E-state index contributed by atoms with van der Waals surface area (Å²) in [6.45, 7) is 5.17. The SMILES string of the molecule is CO[C@@H]1c2cc(C(C)C)ccc2O[C@H]2OCC[C@H]21. The van der Waals surface area contributed by atoms with Crippen molar-refractivity contribution in [3.63, 3.8) is 0 Å². The Morgan fingerprint density at radius 3 is 2.89 bits per heavy atom. The van der Waals surface area contributed by atoms with Crippen LogP contribution in [0.2, 0.25) is 0 Å². The van der Waals surface area contributed by atoms with Crippen molar-refractivity contribution in [2.75, 3.05) is 13.7 Å². The Bertz CT molecular complexity index is 441. The first kappa shape index (κ1) is 12.0. The van der Waals surface area contributed by atoms with Crippen LogP contribution in [0.1, 0.15) is 43.4 Å². The number of methoxy groups -OCH3 is 1. The van der Waals surface area contributed by atoms with Gasteiger partial charge >= 0.3 is 0 Å². The Hall–Kier alpha value is -1.06. The Morgan fingerprint density at radius 1 is 1.33 bits per heavy atom. The molecule has 1 fully saturated rings. The minimum absolute atomic E-state index is 0.0972. The number of rotatable bonds is 2. The summed E-state index contributed by atoms with van der Waals surface area (Å²) >= 11 is 0. The monoisotopic (exact) mass is 248 g/mol. The molecule has 0 aromatic heterocycles. The van der Waals surface area contributed by atoms with Crippen LogP contribution >= 0.6 is 0 Å². The van der Waals surface area contributed by atoms with Crippen LogP contribution < -0.4 is 4.74 Å². The zero-order valence-corrected chi connectivity index (χ0v) is 11.2. The van der Waals surface area contributed by atoms with Gasteiger partial charge < -0.3 is 14.2 Å². The second kappa shape index (κ2) is 4.56. The van der Waals surface area contributed by atoms with Gasteiger partial charge in [-0.05, 0) is 30.0 Å². The second-order valence-corrected chi connectivity index (χ2v) is 5.42. The summed E-state index contributed by atoms with van der Waals surface area (Å²) < 4.78 is 17.2. The van der Waals surface area contributed by atoms with E-state index < -0.39 is 0 Å². The molecule has 0 amide bonds. The van der Waals surface area contributed by atoms with E-state index in [4.69, 9.17) is 14.2 Å². The summed E-state index contributed by atoms with van der Waals surface area (Å²) in [5, 5.41) is 0. The lowest BCUT2D eigenvalue weighted by atomic mass is 9.88. The fourth-order valence-electron chi connectivity index (χ4n) is 2.91. The highest BCUT2D eigenvalue weighted by atomic mass is 16.7. The van der Waals surface area contributed by atoms with E-state index in [0.717, 1.165) is 18.8 Å². The smallest absolute Gasteiger partial charge is 0.205 e. The predicted octanol–water partition coefficient (Wildman–Crippen LogP) is 3.25. The number of fused-ring (bicyclic) bond motifs is 2. The highest BCUT2D eigenvalue weighted by Crippen LogP contribution is 2.45. The molecule has 2 aliphatic heterocycles. The zero-order valence-electron chi connectivity index (χ0n) is 11.2. The summed E-state index contributed by atoms with van der Waals surface area (Å²) in [5.41, 5.74) is 2.51. The molecule has 0 unspecified atom stereocenters. The molecule has 2 aliphatic rings. The fraction of sp³-hybridized carbons (Fsp3) is 0.600. The highest BCUT2D eigenvalue weighted by Gasteiger charge is 2.42. The van der Waals surface area contributed by atoms with Crippen molar-refractivity contribution >= 4 is 0 Å². The second-order valence-electron chi connectivity index (χ2n) is 5.42. The van der Waals surface area contributed by atoms with Crippen molar-refractivity contribution in [2.45, 2.75) is 38.6 Å². The molecule has 0 saturated carbocycles. The summed E-state index contributed by atoms with van der Waals surface area (Å²) in [7, 11) is 1.77. The first-order valence-corrected chi connectivity index (χ1v) is 6.65. The average molecular weight is 248 g/mol. The van der Waals surface area contributed by atoms with Crippen LogP contribution in [0.4, 0.5) is 0 Å². The lowest BCUT2D eigenvalue weighted by molar-refractivity contribution is -0.112. The maximum absolute atomic E-state index is 5.92. The van der Waals surface area contributed by atoms with E-state index in [9.17, 15) is 0 Å². The molecule has 18 heavy (non-hydrogen) atoms. The third-order valence-corrected chi connectivity index (χ3v) is 3.98. The van der Waals surface area contributed by atoms with E-state index in [-0.39, 0.29) is 12.4 Å². The summed E-state index contributed by atoms with van der Waals surface area (Å²) in [6, 6.07) is 6.41. The molecule has 3 heteroatoms. The van der Waals surface area contributed by atoms with Gasteiger partial charge in [0, 0.05) is 12.7 Å². The molecule has 1 aromatic carbocycles. The van der Waals surface area contributed by atoms with Crippen molar-refractivity contribution in [3.05, 3.63) is 29.3 Å². The lowest BCUT2D eigenvalue weighted by Crippen LogP contribution is -2.33. The number of ether oxygens (including phenoxy) is 3. The lowest BCUT2D eigenvalue weighted by Gasteiger charge is -2.34. The Labute approximate surface area is 108 Å². The quantitative estimate of drug-likeness (QED) is 0.804. The van der Waals surface area contributed by atoms with Gasteiger partial charge in [-0.15, -0.1) is 0 Å². The van der Waals surface area contributed by atoms with Crippen LogP contribution in [0, 0.1) is 5.92 Å². The van der Waals surface area contributed by atoms with Crippen molar-refractivity contribution < 1.29 is 14.2 Å². The van der Waals surface area contributed by atoms with Gasteiger partial charge in [0.15, 0.2) is 0 Å². The van der Waals surface area contributed by atoms with Crippen LogP contribution in [0.3, 0.4) is 0 Å². The molecule has 0 N–H and O–H groups in total. The van der Waals surface area contributed by atoms with E-state index >= 15 is 0 Å². The van der Waals surface area contributed by atoms with Crippen molar-refractivity contribution in [1.29, 1.82) is 0 Å². The number of hydrogen-bond acceptors (Lipinski definition) is 3. The van der Waals surface area contributed by atoms with Crippen LogP contribution in [-0.4, -0.2) is 20.0 Å². The first-order valence-electron chi connectivity index (χ1n) is 6.65. The molecule has 98 valence electrons. The molecule has 3 rings (SSSR count). The summed E-state index contributed by atoms with van der Waals surface area (Å²) in [6.07, 6.45) is 0.974. The molecule has 0 aliphatic carbocycles. The topological polar surface area (TPSA) is 27.7 Å². The molecular weight excluding hydrogens is 228 g/mol. The molecule has 0 bridgehead atoms. The Kier molecular flexibility index (Phi) is 3.04. The van der Waals surface area contributed by atoms with Crippen LogP contribution in [0.25, 0.3) is 0 Å². The van der Waals surface area contributed by atoms with E-state index in [1.807, 2.05) is 0 Å². The standard InChI is InChI=1S/C15H20O3/c1-9(2)10-4-5-13-12(8-10)14(16-3)11-6-7-17-15(11)18-13/h4-5,8-9,11,14-15H,6-7H2,1-3H3/t11-,14-,15+/m0/s1. The van der Waals surface area contributed by atoms with Gasteiger partial charge in [-0.3, -0.25) is 0 Å². The van der Waals surface area contributed by atoms with Crippen LogP contribution in [0.15, 0.2) is 18.2 Å². The van der Waals surface area contributed by atoms with Crippen molar-refractivity contribution in [3.8, 4) is 5.75 Å².